The van der Waals surface area contributed by atoms with E-state index in [9.17, 15) is 30.3 Å². The van der Waals surface area contributed by atoms with Gasteiger partial charge in [-0.1, -0.05) is 135 Å². The second-order valence-corrected chi connectivity index (χ2v) is 13.7. The van der Waals surface area contributed by atoms with Gasteiger partial charge < -0.3 is 40.3 Å². The van der Waals surface area contributed by atoms with E-state index in [0.29, 0.717) is 12.8 Å². The fourth-order valence-electron chi connectivity index (χ4n) is 6.15. The number of carbonyl (C=O) groups is 1. The fraction of sp³-hybridized carbons (Fsp3) is 0.921. The lowest BCUT2D eigenvalue weighted by molar-refractivity contribution is -0.302. The number of nitrogens with one attached hydrogen (secondary N) is 1. The van der Waals surface area contributed by atoms with Gasteiger partial charge in [-0.3, -0.25) is 4.79 Å². The monoisotopic (exact) mass is 672 g/mol. The number of hydrogen-bond acceptors (Lipinski definition) is 8. The summed E-state index contributed by atoms with van der Waals surface area (Å²) in [6.45, 7) is 3.77. The second-order valence-electron chi connectivity index (χ2n) is 13.7. The summed E-state index contributed by atoms with van der Waals surface area (Å²) >= 11 is 0. The third-order valence-corrected chi connectivity index (χ3v) is 9.37. The number of allylic oxidation sites excluding steroid dienone is 2. The van der Waals surface area contributed by atoms with Gasteiger partial charge >= 0.3 is 0 Å². The Kier molecular flexibility index (Phi) is 27.9. The van der Waals surface area contributed by atoms with Gasteiger partial charge in [-0.05, 0) is 38.5 Å². The molecular weight excluding hydrogens is 598 g/mol. The molecule has 0 radical (unpaired) electrons. The van der Waals surface area contributed by atoms with Crippen LogP contribution in [0.5, 0.6) is 0 Å². The summed E-state index contributed by atoms with van der Waals surface area (Å²) in [5, 5.41) is 54.0. The van der Waals surface area contributed by atoms with Crippen LogP contribution in [0.15, 0.2) is 12.2 Å². The van der Waals surface area contributed by atoms with Crippen molar-refractivity contribution < 1.29 is 39.8 Å². The highest BCUT2D eigenvalue weighted by Gasteiger charge is 2.44. The molecule has 7 atom stereocenters. The van der Waals surface area contributed by atoms with Crippen molar-refractivity contribution in [1.29, 1.82) is 0 Å². The predicted octanol–water partition coefficient (Wildman–Crippen LogP) is 6.61. The number of rotatable bonds is 31. The van der Waals surface area contributed by atoms with E-state index in [4.69, 9.17) is 9.47 Å². The summed E-state index contributed by atoms with van der Waals surface area (Å²) in [4.78, 5) is 12.8. The van der Waals surface area contributed by atoms with Gasteiger partial charge in [0.1, 0.15) is 24.4 Å². The van der Waals surface area contributed by atoms with E-state index in [0.717, 1.165) is 44.9 Å². The molecule has 0 bridgehead atoms. The number of aliphatic hydroxyl groups is 5. The fourth-order valence-corrected chi connectivity index (χ4v) is 6.15. The molecule has 47 heavy (non-hydrogen) atoms. The molecule has 0 aromatic heterocycles. The normalized spacial score (nSPS) is 22.9. The van der Waals surface area contributed by atoms with Crippen LogP contribution in [0.3, 0.4) is 0 Å². The topological polar surface area (TPSA) is 149 Å². The van der Waals surface area contributed by atoms with Crippen LogP contribution in [0.4, 0.5) is 0 Å². The number of carbonyl (C=O) groups excluding carboxylic acids is 1. The van der Waals surface area contributed by atoms with Crippen LogP contribution in [0.1, 0.15) is 168 Å². The van der Waals surface area contributed by atoms with E-state index in [2.05, 4.69) is 31.3 Å². The van der Waals surface area contributed by atoms with E-state index in [1.165, 1.54) is 96.3 Å². The number of aliphatic hydroxyl groups excluding tert-OH is 5. The zero-order valence-corrected chi connectivity index (χ0v) is 30.0. The first-order chi connectivity index (χ1) is 22.8. The minimum Gasteiger partial charge on any atom is -0.394 e. The van der Waals surface area contributed by atoms with Crippen molar-refractivity contribution >= 4 is 5.91 Å². The van der Waals surface area contributed by atoms with E-state index in [-0.39, 0.29) is 12.5 Å². The molecule has 1 heterocycles. The van der Waals surface area contributed by atoms with E-state index in [1.54, 1.807) is 0 Å². The molecule has 6 N–H and O–H groups in total. The van der Waals surface area contributed by atoms with Crippen LogP contribution in [-0.2, 0) is 14.3 Å². The average Bonchev–Trinajstić information content (AvgIpc) is 3.07. The highest BCUT2D eigenvalue weighted by atomic mass is 16.7. The van der Waals surface area contributed by atoms with Crippen LogP contribution < -0.4 is 5.32 Å². The zero-order chi connectivity index (χ0) is 34.5. The first-order valence-electron chi connectivity index (χ1n) is 19.4. The van der Waals surface area contributed by atoms with Gasteiger partial charge in [0.15, 0.2) is 6.29 Å². The summed E-state index contributed by atoms with van der Waals surface area (Å²) in [7, 11) is 0. The number of ether oxygens (including phenoxy) is 2. The molecule has 1 fully saturated rings. The molecule has 0 saturated carbocycles. The highest BCUT2D eigenvalue weighted by Crippen LogP contribution is 2.23. The van der Waals surface area contributed by atoms with Gasteiger partial charge in [0, 0.05) is 6.42 Å². The molecule has 0 aromatic carbocycles. The van der Waals surface area contributed by atoms with Crippen LogP contribution in [0, 0.1) is 0 Å². The molecule has 1 amide bonds. The summed E-state index contributed by atoms with van der Waals surface area (Å²) in [5.74, 6) is -0.157. The van der Waals surface area contributed by atoms with Crippen molar-refractivity contribution in [2.24, 2.45) is 0 Å². The Bertz CT molecular complexity index is 751. The first kappa shape index (κ1) is 44.0. The smallest absolute Gasteiger partial charge is 0.220 e. The molecule has 1 aliphatic rings. The second kappa shape index (κ2) is 29.8. The van der Waals surface area contributed by atoms with Crippen LogP contribution >= 0.6 is 0 Å². The third-order valence-electron chi connectivity index (χ3n) is 9.37. The van der Waals surface area contributed by atoms with Crippen LogP contribution in [-0.4, -0.2) is 87.5 Å². The van der Waals surface area contributed by atoms with Gasteiger partial charge in [0.25, 0.3) is 0 Å². The van der Waals surface area contributed by atoms with Crippen LogP contribution in [0.2, 0.25) is 0 Å². The Labute approximate surface area is 286 Å². The summed E-state index contributed by atoms with van der Waals surface area (Å²) in [6.07, 6.45) is 23.6. The number of amides is 1. The van der Waals surface area contributed by atoms with E-state index >= 15 is 0 Å². The summed E-state index contributed by atoms with van der Waals surface area (Å²) in [6, 6.07) is -0.726. The molecule has 0 aromatic rings. The molecule has 9 heteroatoms. The van der Waals surface area contributed by atoms with E-state index < -0.39 is 49.5 Å². The SMILES string of the molecule is CCCCCCCCC/C=C/CCCC[C@@H](O)[C@H](CO[C@@H]1O[C@H](CO)[C@@H](O)C(O)C1O)NC(=O)CCCCCCCCCCCCC. The minimum atomic E-state index is -1.55. The molecule has 2 unspecified atom stereocenters. The molecule has 0 aliphatic carbocycles. The lowest BCUT2D eigenvalue weighted by atomic mass is 9.99. The Hall–Kier alpha value is -1.07. The predicted molar refractivity (Wildman–Crippen MR) is 189 cm³/mol. The Morgan fingerprint density at radius 3 is 1.72 bits per heavy atom. The molecule has 1 rings (SSSR count). The Balaban J connectivity index is 2.45. The standard InChI is InChI=1S/C38H73NO8/c1-3-5-7-9-11-13-15-16-18-19-21-23-25-27-32(41)31(30-46-38-37(45)36(44)35(43)33(29-40)47-38)39-34(42)28-26-24-22-20-17-14-12-10-8-6-4-2/h18-19,31-33,35-38,40-41,43-45H,3-17,20-30H2,1-2H3,(H,39,42)/b19-18+/t31-,32+,33+,35+,36?,37?,38+/m0/s1. The minimum absolute atomic E-state index is 0.147. The lowest BCUT2D eigenvalue weighted by Crippen LogP contribution is -2.60. The van der Waals surface area contributed by atoms with Crippen molar-refractivity contribution in [3.63, 3.8) is 0 Å². The first-order valence-corrected chi connectivity index (χ1v) is 19.4. The van der Waals surface area contributed by atoms with Crippen molar-refractivity contribution in [2.75, 3.05) is 13.2 Å². The molecule has 1 aliphatic heterocycles. The Morgan fingerprint density at radius 1 is 0.702 bits per heavy atom. The van der Waals surface area contributed by atoms with Crippen molar-refractivity contribution in [1.82, 2.24) is 5.32 Å². The maximum absolute atomic E-state index is 12.8. The van der Waals surface area contributed by atoms with Crippen molar-refractivity contribution in [2.45, 2.75) is 211 Å². The molecule has 278 valence electrons. The van der Waals surface area contributed by atoms with E-state index in [1.807, 2.05) is 0 Å². The summed E-state index contributed by atoms with van der Waals surface area (Å²) < 4.78 is 11.2. The maximum atomic E-state index is 12.8. The average molecular weight is 672 g/mol. The molecule has 9 nitrogen and oxygen atoms in total. The quantitative estimate of drug-likeness (QED) is 0.0357. The van der Waals surface area contributed by atoms with Gasteiger partial charge in [0.05, 0.1) is 25.4 Å². The van der Waals surface area contributed by atoms with Gasteiger partial charge in [0.2, 0.25) is 5.91 Å². The number of hydrogen-bond donors (Lipinski definition) is 6. The third kappa shape index (κ3) is 21.6. The zero-order valence-electron chi connectivity index (χ0n) is 30.0. The highest BCUT2D eigenvalue weighted by molar-refractivity contribution is 5.76. The Morgan fingerprint density at radius 2 is 1.19 bits per heavy atom. The molecule has 1 saturated heterocycles. The van der Waals surface area contributed by atoms with Gasteiger partial charge in [-0.15, -0.1) is 0 Å². The van der Waals surface area contributed by atoms with Crippen molar-refractivity contribution in [3.05, 3.63) is 12.2 Å². The van der Waals surface area contributed by atoms with Crippen LogP contribution in [0.25, 0.3) is 0 Å². The molecular formula is C38H73NO8. The largest absolute Gasteiger partial charge is 0.394 e. The lowest BCUT2D eigenvalue weighted by Gasteiger charge is -2.40. The molecule has 0 spiro atoms. The van der Waals surface area contributed by atoms with Gasteiger partial charge in [-0.25, -0.2) is 0 Å². The maximum Gasteiger partial charge on any atom is 0.220 e. The van der Waals surface area contributed by atoms with Gasteiger partial charge in [-0.2, -0.15) is 0 Å². The number of unbranched alkanes of at least 4 members (excludes halogenated alkanes) is 19. The summed E-state index contributed by atoms with van der Waals surface area (Å²) in [5.41, 5.74) is 0. The van der Waals surface area contributed by atoms with Crippen molar-refractivity contribution in [3.8, 4) is 0 Å².